The molecule has 1 aromatic carbocycles. The van der Waals surface area contributed by atoms with Gasteiger partial charge in [0.1, 0.15) is 5.03 Å². The van der Waals surface area contributed by atoms with Crippen molar-refractivity contribution in [1.29, 1.82) is 0 Å². The van der Waals surface area contributed by atoms with Gasteiger partial charge >= 0.3 is 0 Å². The second-order valence-electron chi connectivity index (χ2n) is 5.29. The summed E-state index contributed by atoms with van der Waals surface area (Å²) < 4.78 is 2.16. The van der Waals surface area contributed by atoms with Gasteiger partial charge in [-0.05, 0) is 31.9 Å². The minimum Gasteiger partial charge on any atom is -0.291 e. The topological polar surface area (TPSA) is 30.2 Å². The number of imidazole rings is 1. The van der Waals surface area contributed by atoms with Crippen molar-refractivity contribution in [3.05, 3.63) is 54.1 Å². The minimum absolute atomic E-state index is 0.623. The van der Waals surface area contributed by atoms with Crippen molar-refractivity contribution in [2.45, 2.75) is 35.6 Å². The maximum atomic E-state index is 4.65. The molecule has 0 amide bonds. The van der Waals surface area contributed by atoms with Gasteiger partial charge in [-0.3, -0.25) is 9.38 Å². The van der Waals surface area contributed by atoms with E-state index in [1.54, 1.807) is 11.8 Å². The highest BCUT2D eigenvalue weighted by Gasteiger charge is 2.28. The summed E-state index contributed by atoms with van der Waals surface area (Å²) in [5.74, 6) is 0.623. The Morgan fingerprint density at radius 3 is 2.70 bits per heavy atom. The van der Waals surface area contributed by atoms with Crippen LogP contribution in [0.5, 0.6) is 0 Å². The van der Waals surface area contributed by atoms with Gasteiger partial charge in [-0.25, -0.2) is 4.98 Å². The Morgan fingerprint density at radius 1 is 1.15 bits per heavy atom. The van der Waals surface area contributed by atoms with Crippen LogP contribution in [-0.2, 0) is 0 Å². The van der Waals surface area contributed by atoms with Gasteiger partial charge in [0.2, 0.25) is 0 Å². The lowest BCUT2D eigenvalue weighted by atomic mass is 10.2. The number of aromatic nitrogens is 3. The summed E-state index contributed by atoms with van der Waals surface area (Å²) in [6.45, 7) is 2.11. The van der Waals surface area contributed by atoms with E-state index in [0.29, 0.717) is 5.92 Å². The maximum absolute atomic E-state index is 4.65. The fourth-order valence-corrected chi connectivity index (χ4v) is 3.23. The molecule has 3 nitrogen and oxygen atoms in total. The second kappa shape index (κ2) is 4.63. The molecule has 0 atom stereocenters. The third-order valence-corrected chi connectivity index (χ3v) is 4.65. The highest BCUT2D eigenvalue weighted by molar-refractivity contribution is 7.99. The van der Waals surface area contributed by atoms with Crippen LogP contribution in [0.1, 0.15) is 30.0 Å². The van der Waals surface area contributed by atoms with Crippen LogP contribution in [0.2, 0.25) is 0 Å². The maximum Gasteiger partial charge on any atom is 0.159 e. The van der Waals surface area contributed by atoms with E-state index < -0.39 is 0 Å². The lowest BCUT2D eigenvalue weighted by Crippen LogP contribution is -1.97. The van der Waals surface area contributed by atoms with Crippen LogP contribution in [0, 0.1) is 6.92 Å². The monoisotopic (exact) mass is 281 g/mol. The van der Waals surface area contributed by atoms with Gasteiger partial charge in [-0.1, -0.05) is 29.5 Å². The van der Waals surface area contributed by atoms with Gasteiger partial charge in [0.05, 0.1) is 11.9 Å². The Morgan fingerprint density at radius 2 is 1.95 bits per heavy atom. The van der Waals surface area contributed by atoms with E-state index in [2.05, 4.69) is 45.6 Å². The zero-order valence-electron chi connectivity index (χ0n) is 11.3. The quantitative estimate of drug-likeness (QED) is 0.725. The first-order valence-electron chi connectivity index (χ1n) is 6.88. The standard InChI is InChI=1S/C16H15N3S/c1-11-2-6-13(7-3-11)20-14-10-18-15(12-4-5-12)16-17-8-9-19(14)16/h2-3,6-10,12H,4-5H2,1H3. The molecule has 0 saturated heterocycles. The summed E-state index contributed by atoms with van der Waals surface area (Å²) in [5, 5.41) is 1.12. The van der Waals surface area contributed by atoms with Gasteiger partial charge in [-0.2, -0.15) is 0 Å². The predicted octanol–water partition coefficient (Wildman–Crippen LogP) is 4.07. The van der Waals surface area contributed by atoms with Gasteiger partial charge in [0, 0.05) is 23.2 Å². The van der Waals surface area contributed by atoms with Crippen LogP contribution in [-0.4, -0.2) is 14.4 Å². The van der Waals surface area contributed by atoms with E-state index in [0.717, 1.165) is 16.4 Å². The molecular formula is C16H15N3S. The van der Waals surface area contributed by atoms with Gasteiger partial charge in [0.15, 0.2) is 5.65 Å². The van der Waals surface area contributed by atoms with Crippen molar-refractivity contribution < 1.29 is 0 Å². The molecule has 20 heavy (non-hydrogen) atoms. The van der Waals surface area contributed by atoms with E-state index in [1.165, 1.54) is 23.3 Å². The Bertz CT molecular complexity index is 757. The van der Waals surface area contributed by atoms with Gasteiger partial charge in [0.25, 0.3) is 0 Å². The molecular weight excluding hydrogens is 266 g/mol. The number of aryl methyl sites for hydroxylation is 1. The molecule has 2 heterocycles. The zero-order valence-corrected chi connectivity index (χ0v) is 12.1. The number of rotatable bonds is 3. The van der Waals surface area contributed by atoms with Crippen molar-refractivity contribution in [2.75, 3.05) is 0 Å². The van der Waals surface area contributed by atoms with Gasteiger partial charge < -0.3 is 0 Å². The molecule has 2 aromatic heterocycles. The molecule has 0 spiro atoms. The van der Waals surface area contributed by atoms with Crippen molar-refractivity contribution in [1.82, 2.24) is 14.4 Å². The number of hydrogen-bond donors (Lipinski definition) is 0. The Kier molecular flexibility index (Phi) is 2.77. The predicted molar refractivity (Wildman–Crippen MR) is 80.3 cm³/mol. The lowest BCUT2D eigenvalue weighted by Gasteiger charge is -2.08. The van der Waals surface area contributed by atoms with E-state index in [4.69, 9.17) is 0 Å². The number of benzene rings is 1. The average Bonchev–Trinajstić information content (AvgIpc) is 3.18. The van der Waals surface area contributed by atoms with Crippen LogP contribution in [0.15, 0.2) is 52.8 Å². The molecule has 3 aromatic rings. The molecule has 4 heteroatoms. The fraction of sp³-hybridized carbons (Fsp3) is 0.250. The number of hydrogen-bond acceptors (Lipinski definition) is 3. The minimum atomic E-state index is 0.623. The van der Waals surface area contributed by atoms with Crippen LogP contribution in [0.25, 0.3) is 5.65 Å². The van der Waals surface area contributed by atoms with Crippen LogP contribution < -0.4 is 0 Å². The van der Waals surface area contributed by atoms with Crippen LogP contribution in [0.3, 0.4) is 0 Å². The Balaban J connectivity index is 1.74. The number of nitrogens with zero attached hydrogens (tertiary/aromatic N) is 3. The van der Waals surface area contributed by atoms with Crippen molar-refractivity contribution >= 4 is 17.4 Å². The molecule has 0 unspecified atom stereocenters. The van der Waals surface area contributed by atoms with Crippen molar-refractivity contribution in [3.8, 4) is 0 Å². The molecule has 4 rings (SSSR count). The normalized spacial score (nSPS) is 14.8. The SMILES string of the molecule is Cc1ccc(Sc2cnc(C3CC3)c3nccn23)cc1. The number of fused-ring (bicyclic) bond motifs is 1. The summed E-state index contributed by atoms with van der Waals surface area (Å²) in [7, 11) is 0. The fourth-order valence-electron chi connectivity index (χ4n) is 2.36. The van der Waals surface area contributed by atoms with Crippen LogP contribution in [0.4, 0.5) is 0 Å². The van der Waals surface area contributed by atoms with E-state index in [-0.39, 0.29) is 0 Å². The third-order valence-electron chi connectivity index (χ3n) is 3.63. The molecule has 1 fully saturated rings. The highest BCUT2D eigenvalue weighted by atomic mass is 32.2. The summed E-state index contributed by atoms with van der Waals surface area (Å²) in [6, 6.07) is 8.58. The smallest absolute Gasteiger partial charge is 0.159 e. The highest BCUT2D eigenvalue weighted by Crippen LogP contribution is 2.41. The Labute approximate surface area is 122 Å². The van der Waals surface area contributed by atoms with E-state index >= 15 is 0 Å². The molecule has 0 aliphatic heterocycles. The summed E-state index contributed by atoms with van der Waals surface area (Å²) >= 11 is 1.73. The van der Waals surface area contributed by atoms with Gasteiger partial charge in [-0.15, -0.1) is 0 Å². The molecule has 1 saturated carbocycles. The Hall–Kier alpha value is -1.81. The zero-order chi connectivity index (χ0) is 13.5. The molecule has 0 bridgehead atoms. The second-order valence-corrected chi connectivity index (χ2v) is 6.39. The first-order valence-corrected chi connectivity index (χ1v) is 7.69. The van der Waals surface area contributed by atoms with Crippen molar-refractivity contribution in [2.24, 2.45) is 0 Å². The molecule has 1 aliphatic rings. The van der Waals surface area contributed by atoms with Crippen LogP contribution >= 0.6 is 11.8 Å². The summed E-state index contributed by atoms with van der Waals surface area (Å²) in [6.07, 6.45) is 8.37. The lowest BCUT2D eigenvalue weighted by molar-refractivity contribution is 0.914. The average molecular weight is 281 g/mol. The van der Waals surface area contributed by atoms with E-state index in [1.807, 2.05) is 18.6 Å². The van der Waals surface area contributed by atoms with Crippen molar-refractivity contribution in [3.63, 3.8) is 0 Å². The summed E-state index contributed by atoms with van der Waals surface area (Å²) in [5.41, 5.74) is 3.46. The molecule has 0 N–H and O–H groups in total. The van der Waals surface area contributed by atoms with E-state index in [9.17, 15) is 0 Å². The molecule has 1 aliphatic carbocycles. The molecule has 0 radical (unpaired) electrons. The largest absolute Gasteiger partial charge is 0.291 e. The third kappa shape index (κ3) is 2.10. The summed E-state index contributed by atoms with van der Waals surface area (Å²) in [4.78, 5) is 10.4. The first kappa shape index (κ1) is 12.0. The molecule has 100 valence electrons. The first-order chi connectivity index (χ1) is 9.81.